The van der Waals surface area contributed by atoms with Gasteiger partial charge in [-0.25, -0.2) is 4.79 Å². The second kappa shape index (κ2) is 8.29. The molecule has 1 heterocycles. The van der Waals surface area contributed by atoms with Crippen molar-refractivity contribution >= 4 is 24.3 Å². The topological polar surface area (TPSA) is 87.5 Å². The Morgan fingerprint density at radius 1 is 1.50 bits per heavy atom. The van der Waals surface area contributed by atoms with Gasteiger partial charge in [0.2, 0.25) is 5.91 Å². The van der Waals surface area contributed by atoms with Crippen LogP contribution in [0.1, 0.15) is 20.3 Å². The normalized spacial score (nSPS) is 20.9. The van der Waals surface area contributed by atoms with E-state index >= 15 is 0 Å². The maximum atomic E-state index is 11.5. The van der Waals surface area contributed by atoms with E-state index in [2.05, 4.69) is 10.6 Å². The first kappa shape index (κ1) is 17.2. The van der Waals surface area contributed by atoms with E-state index in [9.17, 15) is 9.59 Å². The largest absolute Gasteiger partial charge is 0.338 e. The average Bonchev–Trinajstić information content (AvgIpc) is 2.66. The molecule has 1 aliphatic rings. The van der Waals surface area contributed by atoms with E-state index in [-0.39, 0.29) is 30.9 Å². The number of nitrogens with two attached hydrogens (primary N) is 1. The molecule has 1 fully saturated rings. The molecule has 18 heavy (non-hydrogen) atoms. The summed E-state index contributed by atoms with van der Waals surface area (Å²) in [6.07, 6.45) is 1.02. The van der Waals surface area contributed by atoms with E-state index < -0.39 is 6.03 Å². The summed E-state index contributed by atoms with van der Waals surface area (Å²) in [6.45, 7) is 6.27. The van der Waals surface area contributed by atoms with Crippen molar-refractivity contribution in [2.75, 3.05) is 26.2 Å². The summed E-state index contributed by atoms with van der Waals surface area (Å²) in [5, 5.41) is 4.81. The van der Waals surface area contributed by atoms with Gasteiger partial charge in [-0.05, 0) is 32.7 Å². The van der Waals surface area contributed by atoms with Gasteiger partial charge in [-0.3, -0.25) is 15.0 Å². The average molecular weight is 279 g/mol. The zero-order valence-electron chi connectivity index (χ0n) is 10.9. The van der Waals surface area contributed by atoms with Crippen molar-refractivity contribution in [2.45, 2.75) is 26.3 Å². The highest BCUT2D eigenvalue weighted by Gasteiger charge is 2.26. The SMILES string of the molecule is CCNC(=O)NC(=O)CN1CCC(C(C)N)C1.Cl. The van der Waals surface area contributed by atoms with E-state index in [1.807, 2.05) is 11.8 Å². The number of nitrogens with zero attached hydrogens (tertiary/aromatic N) is 1. The van der Waals surface area contributed by atoms with Gasteiger partial charge in [-0.1, -0.05) is 0 Å². The molecule has 0 aromatic heterocycles. The maximum Gasteiger partial charge on any atom is 0.321 e. The molecule has 4 N–H and O–H groups in total. The first-order valence-corrected chi connectivity index (χ1v) is 6.08. The number of rotatable bonds is 4. The molecule has 106 valence electrons. The van der Waals surface area contributed by atoms with Crippen LogP contribution in [0, 0.1) is 5.92 Å². The quantitative estimate of drug-likeness (QED) is 0.671. The Bertz CT molecular complexity index is 286. The number of carbonyl (C=O) groups is 2. The Hall–Kier alpha value is -0.850. The van der Waals surface area contributed by atoms with Crippen molar-refractivity contribution in [1.29, 1.82) is 0 Å². The van der Waals surface area contributed by atoms with Crippen LogP contribution in [-0.2, 0) is 4.79 Å². The standard InChI is InChI=1S/C11H22N4O2.ClH/c1-3-13-11(17)14-10(16)7-15-5-4-9(6-15)8(2)12;/h8-9H,3-7,12H2,1-2H3,(H2,13,14,16,17);1H. The Balaban J connectivity index is 0.00000289. The molecule has 0 saturated carbocycles. The molecule has 1 aliphatic heterocycles. The molecule has 7 heteroatoms. The lowest BCUT2D eigenvalue weighted by atomic mass is 10.0. The zero-order valence-corrected chi connectivity index (χ0v) is 11.8. The van der Waals surface area contributed by atoms with E-state index in [4.69, 9.17) is 5.73 Å². The number of nitrogens with one attached hydrogen (secondary N) is 2. The van der Waals surface area contributed by atoms with Crippen LogP contribution in [0.5, 0.6) is 0 Å². The van der Waals surface area contributed by atoms with Gasteiger partial charge in [0.05, 0.1) is 6.54 Å². The Labute approximate surface area is 114 Å². The fraction of sp³-hybridized carbons (Fsp3) is 0.818. The number of urea groups is 1. The number of hydrogen-bond donors (Lipinski definition) is 3. The van der Waals surface area contributed by atoms with Crippen molar-refractivity contribution < 1.29 is 9.59 Å². The minimum absolute atomic E-state index is 0. The smallest absolute Gasteiger partial charge is 0.321 e. The summed E-state index contributed by atoms with van der Waals surface area (Å²) in [5.74, 6) is 0.188. The molecule has 0 aliphatic carbocycles. The second-order valence-electron chi connectivity index (χ2n) is 4.55. The molecule has 3 amide bonds. The summed E-state index contributed by atoms with van der Waals surface area (Å²) in [7, 11) is 0. The Morgan fingerprint density at radius 2 is 2.17 bits per heavy atom. The monoisotopic (exact) mass is 278 g/mol. The van der Waals surface area contributed by atoms with E-state index in [0.717, 1.165) is 19.5 Å². The van der Waals surface area contributed by atoms with Gasteiger partial charge >= 0.3 is 6.03 Å². The van der Waals surface area contributed by atoms with Crippen molar-refractivity contribution in [2.24, 2.45) is 11.7 Å². The molecular weight excluding hydrogens is 256 g/mol. The Morgan fingerprint density at radius 3 is 2.67 bits per heavy atom. The molecular formula is C11H23ClN4O2. The molecule has 1 saturated heterocycles. The lowest BCUT2D eigenvalue weighted by Gasteiger charge is -2.17. The first-order chi connectivity index (χ1) is 8.02. The molecule has 0 aromatic carbocycles. The van der Waals surface area contributed by atoms with E-state index in [1.54, 1.807) is 6.92 Å². The minimum Gasteiger partial charge on any atom is -0.338 e. The van der Waals surface area contributed by atoms with Crippen LogP contribution in [0.4, 0.5) is 4.79 Å². The molecule has 0 aromatic rings. The number of hydrogen-bond acceptors (Lipinski definition) is 4. The van der Waals surface area contributed by atoms with Crippen molar-refractivity contribution in [3.8, 4) is 0 Å². The summed E-state index contributed by atoms with van der Waals surface area (Å²) in [5.41, 5.74) is 5.82. The highest BCUT2D eigenvalue weighted by molar-refractivity contribution is 5.95. The van der Waals surface area contributed by atoms with Gasteiger partial charge in [-0.15, -0.1) is 12.4 Å². The molecule has 0 spiro atoms. The summed E-state index contributed by atoms with van der Waals surface area (Å²) < 4.78 is 0. The number of carbonyl (C=O) groups excluding carboxylic acids is 2. The van der Waals surface area contributed by atoms with Crippen LogP contribution in [0.25, 0.3) is 0 Å². The van der Waals surface area contributed by atoms with Crippen LogP contribution < -0.4 is 16.4 Å². The molecule has 6 nitrogen and oxygen atoms in total. The number of amides is 3. The van der Waals surface area contributed by atoms with Crippen LogP contribution in [-0.4, -0.2) is 49.1 Å². The van der Waals surface area contributed by atoms with E-state index in [0.29, 0.717) is 12.5 Å². The summed E-state index contributed by atoms with van der Waals surface area (Å²) in [4.78, 5) is 24.7. The second-order valence-corrected chi connectivity index (χ2v) is 4.55. The third-order valence-corrected chi connectivity index (χ3v) is 3.01. The van der Waals surface area contributed by atoms with Gasteiger partial charge < -0.3 is 11.1 Å². The molecule has 2 unspecified atom stereocenters. The lowest BCUT2D eigenvalue weighted by Crippen LogP contribution is -2.44. The fourth-order valence-electron chi connectivity index (χ4n) is 2.01. The Kier molecular flexibility index (Phi) is 7.90. The minimum atomic E-state index is -0.430. The predicted molar refractivity (Wildman–Crippen MR) is 72.7 cm³/mol. The number of likely N-dealkylation sites (tertiary alicyclic amines) is 1. The summed E-state index contributed by atoms with van der Waals surface area (Å²) >= 11 is 0. The van der Waals surface area contributed by atoms with Gasteiger partial charge in [0.25, 0.3) is 0 Å². The summed E-state index contributed by atoms with van der Waals surface area (Å²) in [6, 6.07) is -0.271. The third kappa shape index (κ3) is 5.66. The fourth-order valence-corrected chi connectivity index (χ4v) is 2.01. The first-order valence-electron chi connectivity index (χ1n) is 6.08. The number of halogens is 1. The van der Waals surface area contributed by atoms with Crippen molar-refractivity contribution in [3.63, 3.8) is 0 Å². The van der Waals surface area contributed by atoms with Gasteiger partial charge in [0.15, 0.2) is 0 Å². The lowest BCUT2D eigenvalue weighted by molar-refractivity contribution is -0.120. The maximum absolute atomic E-state index is 11.5. The van der Waals surface area contributed by atoms with E-state index in [1.165, 1.54) is 0 Å². The zero-order chi connectivity index (χ0) is 12.8. The van der Waals surface area contributed by atoms with Crippen LogP contribution in [0.15, 0.2) is 0 Å². The highest BCUT2D eigenvalue weighted by atomic mass is 35.5. The molecule has 0 bridgehead atoms. The predicted octanol–water partition coefficient (Wildman–Crippen LogP) is -0.0770. The van der Waals surface area contributed by atoms with Gasteiger partial charge in [-0.2, -0.15) is 0 Å². The third-order valence-electron chi connectivity index (χ3n) is 3.01. The van der Waals surface area contributed by atoms with Crippen LogP contribution in [0.2, 0.25) is 0 Å². The highest BCUT2D eigenvalue weighted by Crippen LogP contribution is 2.17. The van der Waals surface area contributed by atoms with Gasteiger partial charge in [0.1, 0.15) is 0 Å². The van der Waals surface area contributed by atoms with Gasteiger partial charge in [0, 0.05) is 19.1 Å². The van der Waals surface area contributed by atoms with Crippen LogP contribution in [0.3, 0.4) is 0 Å². The molecule has 2 atom stereocenters. The van der Waals surface area contributed by atoms with Crippen molar-refractivity contribution in [1.82, 2.24) is 15.5 Å². The number of imide groups is 1. The molecule has 1 rings (SSSR count). The molecule has 0 radical (unpaired) electrons. The van der Waals surface area contributed by atoms with Crippen LogP contribution >= 0.6 is 12.4 Å². The van der Waals surface area contributed by atoms with Crippen molar-refractivity contribution in [3.05, 3.63) is 0 Å².